The van der Waals surface area contributed by atoms with Crippen molar-refractivity contribution in [2.24, 2.45) is 0 Å². The molecule has 1 fully saturated rings. The Bertz CT molecular complexity index is 312. The minimum Gasteiger partial charge on any atom is -0.392 e. The largest absolute Gasteiger partial charge is 0.392 e. The molecule has 82 valence electrons. The summed E-state index contributed by atoms with van der Waals surface area (Å²) in [6, 6.07) is 8.32. The first-order valence-electron chi connectivity index (χ1n) is 5.36. The van der Waals surface area contributed by atoms with Crippen molar-refractivity contribution in [3.05, 3.63) is 28.7 Å². The standard InChI is InChI=1S/C12H15BrOS/c13-9-5-7-10(8-6-9)15-12-4-2-1-3-11(12)14/h5-8,11-12,14H,1-4H2. The Labute approximate surface area is 103 Å². The summed E-state index contributed by atoms with van der Waals surface area (Å²) < 4.78 is 1.11. The normalized spacial score (nSPS) is 26.5. The molecule has 0 radical (unpaired) electrons. The monoisotopic (exact) mass is 286 g/mol. The molecular weight excluding hydrogens is 272 g/mol. The molecule has 0 saturated heterocycles. The topological polar surface area (TPSA) is 20.2 Å². The van der Waals surface area contributed by atoms with Crippen molar-refractivity contribution in [1.29, 1.82) is 0 Å². The van der Waals surface area contributed by atoms with Crippen LogP contribution in [0, 0.1) is 0 Å². The van der Waals surface area contributed by atoms with E-state index in [9.17, 15) is 5.11 Å². The molecule has 1 N–H and O–H groups in total. The highest BCUT2D eigenvalue weighted by Gasteiger charge is 2.23. The molecule has 2 unspecified atom stereocenters. The van der Waals surface area contributed by atoms with Crippen LogP contribution in [0.3, 0.4) is 0 Å². The van der Waals surface area contributed by atoms with Crippen molar-refractivity contribution >= 4 is 27.7 Å². The van der Waals surface area contributed by atoms with Crippen LogP contribution in [0.25, 0.3) is 0 Å². The predicted octanol–water partition coefficient (Wildman–Crippen LogP) is 3.84. The van der Waals surface area contributed by atoms with E-state index in [1.54, 1.807) is 0 Å². The lowest BCUT2D eigenvalue weighted by molar-refractivity contribution is 0.137. The van der Waals surface area contributed by atoms with E-state index in [2.05, 4.69) is 40.2 Å². The molecule has 0 heterocycles. The first kappa shape index (κ1) is 11.5. The number of rotatable bonds is 2. The fraction of sp³-hybridized carbons (Fsp3) is 0.500. The van der Waals surface area contributed by atoms with Gasteiger partial charge >= 0.3 is 0 Å². The average molecular weight is 287 g/mol. The van der Waals surface area contributed by atoms with Gasteiger partial charge in [0.2, 0.25) is 0 Å². The number of hydrogen-bond acceptors (Lipinski definition) is 2. The van der Waals surface area contributed by atoms with Crippen LogP contribution >= 0.6 is 27.7 Å². The average Bonchev–Trinajstić information content (AvgIpc) is 2.25. The van der Waals surface area contributed by atoms with Crippen molar-refractivity contribution < 1.29 is 5.11 Å². The van der Waals surface area contributed by atoms with Crippen molar-refractivity contribution in [1.82, 2.24) is 0 Å². The summed E-state index contributed by atoms with van der Waals surface area (Å²) >= 11 is 5.23. The van der Waals surface area contributed by atoms with E-state index in [4.69, 9.17) is 0 Å². The van der Waals surface area contributed by atoms with E-state index in [1.165, 1.54) is 17.7 Å². The van der Waals surface area contributed by atoms with Crippen LogP contribution in [0.2, 0.25) is 0 Å². The quantitative estimate of drug-likeness (QED) is 0.891. The SMILES string of the molecule is OC1CCCCC1Sc1ccc(Br)cc1. The van der Waals surface area contributed by atoms with Crippen LogP contribution in [0.5, 0.6) is 0 Å². The van der Waals surface area contributed by atoms with Gasteiger partial charge in [0, 0.05) is 14.6 Å². The summed E-state index contributed by atoms with van der Waals surface area (Å²) in [4.78, 5) is 1.25. The summed E-state index contributed by atoms with van der Waals surface area (Å²) in [6.07, 6.45) is 4.42. The highest BCUT2D eigenvalue weighted by atomic mass is 79.9. The summed E-state index contributed by atoms with van der Waals surface area (Å²) in [5.41, 5.74) is 0. The minimum atomic E-state index is -0.118. The van der Waals surface area contributed by atoms with Crippen LogP contribution in [-0.2, 0) is 0 Å². The predicted molar refractivity (Wildman–Crippen MR) is 68.3 cm³/mol. The van der Waals surface area contributed by atoms with E-state index in [-0.39, 0.29) is 6.10 Å². The zero-order valence-corrected chi connectivity index (χ0v) is 10.9. The van der Waals surface area contributed by atoms with Gasteiger partial charge in [0.05, 0.1) is 6.10 Å². The van der Waals surface area contributed by atoms with Gasteiger partial charge in [0.25, 0.3) is 0 Å². The van der Waals surface area contributed by atoms with Crippen LogP contribution < -0.4 is 0 Å². The second kappa shape index (κ2) is 5.37. The number of thioether (sulfide) groups is 1. The maximum Gasteiger partial charge on any atom is 0.0662 e. The molecule has 1 aromatic rings. The van der Waals surface area contributed by atoms with Gasteiger partial charge in [-0.05, 0) is 37.1 Å². The van der Waals surface area contributed by atoms with Crippen molar-refractivity contribution in [3.8, 4) is 0 Å². The molecule has 1 saturated carbocycles. The first-order chi connectivity index (χ1) is 7.25. The Morgan fingerprint density at radius 2 is 1.80 bits per heavy atom. The summed E-state index contributed by atoms with van der Waals surface area (Å²) in [5.74, 6) is 0. The van der Waals surface area contributed by atoms with Gasteiger partial charge in [-0.15, -0.1) is 11.8 Å². The van der Waals surface area contributed by atoms with Gasteiger partial charge in [-0.3, -0.25) is 0 Å². The molecule has 0 bridgehead atoms. The molecule has 2 rings (SSSR count). The third-order valence-corrected chi connectivity index (χ3v) is 4.69. The highest BCUT2D eigenvalue weighted by molar-refractivity contribution is 9.10. The maximum atomic E-state index is 9.85. The van der Waals surface area contributed by atoms with Gasteiger partial charge in [0.15, 0.2) is 0 Å². The van der Waals surface area contributed by atoms with E-state index < -0.39 is 0 Å². The second-order valence-electron chi connectivity index (χ2n) is 3.96. The fourth-order valence-electron chi connectivity index (χ4n) is 1.90. The lowest BCUT2D eigenvalue weighted by Crippen LogP contribution is -2.26. The van der Waals surface area contributed by atoms with E-state index >= 15 is 0 Å². The van der Waals surface area contributed by atoms with Gasteiger partial charge in [-0.1, -0.05) is 28.8 Å². The van der Waals surface area contributed by atoms with Crippen LogP contribution in [0.1, 0.15) is 25.7 Å². The number of halogens is 1. The summed E-state index contributed by atoms with van der Waals surface area (Å²) in [6.45, 7) is 0. The van der Waals surface area contributed by atoms with Crippen LogP contribution in [-0.4, -0.2) is 16.5 Å². The molecule has 1 aromatic carbocycles. The first-order valence-corrected chi connectivity index (χ1v) is 7.03. The molecule has 0 amide bonds. The summed E-state index contributed by atoms with van der Waals surface area (Å²) in [7, 11) is 0. The second-order valence-corrected chi connectivity index (χ2v) is 6.19. The molecule has 1 nitrogen and oxygen atoms in total. The van der Waals surface area contributed by atoms with Gasteiger partial charge < -0.3 is 5.11 Å². The molecule has 3 heteroatoms. The van der Waals surface area contributed by atoms with Gasteiger partial charge in [0.1, 0.15) is 0 Å². The Balaban J connectivity index is 1.98. The van der Waals surface area contributed by atoms with Crippen molar-refractivity contribution in [2.45, 2.75) is 41.9 Å². The van der Waals surface area contributed by atoms with E-state index in [0.29, 0.717) is 5.25 Å². The smallest absolute Gasteiger partial charge is 0.0662 e. The number of hydrogen-bond donors (Lipinski definition) is 1. The summed E-state index contributed by atoms with van der Waals surface area (Å²) in [5, 5.41) is 10.2. The molecule has 15 heavy (non-hydrogen) atoms. The molecule has 0 aromatic heterocycles. The third kappa shape index (κ3) is 3.23. The lowest BCUT2D eigenvalue weighted by Gasteiger charge is -2.26. The molecule has 1 aliphatic carbocycles. The Kier molecular flexibility index (Phi) is 4.12. The molecule has 1 aliphatic rings. The van der Waals surface area contributed by atoms with Gasteiger partial charge in [-0.25, -0.2) is 0 Å². The van der Waals surface area contributed by atoms with Crippen molar-refractivity contribution in [2.75, 3.05) is 0 Å². The zero-order valence-electron chi connectivity index (χ0n) is 8.53. The van der Waals surface area contributed by atoms with Crippen LogP contribution in [0.4, 0.5) is 0 Å². The Morgan fingerprint density at radius 3 is 2.47 bits per heavy atom. The number of benzene rings is 1. The molecule has 0 aliphatic heterocycles. The van der Waals surface area contributed by atoms with Crippen molar-refractivity contribution in [3.63, 3.8) is 0 Å². The van der Waals surface area contributed by atoms with Gasteiger partial charge in [-0.2, -0.15) is 0 Å². The molecule has 0 spiro atoms. The molecular formula is C12H15BrOS. The number of aliphatic hydroxyl groups excluding tert-OH is 1. The fourth-order valence-corrected chi connectivity index (χ4v) is 3.39. The highest BCUT2D eigenvalue weighted by Crippen LogP contribution is 2.34. The maximum absolute atomic E-state index is 9.85. The Hall–Kier alpha value is 0.01000. The Morgan fingerprint density at radius 1 is 1.13 bits per heavy atom. The third-order valence-electron chi connectivity index (χ3n) is 2.77. The van der Waals surface area contributed by atoms with Crippen LogP contribution in [0.15, 0.2) is 33.6 Å². The number of aliphatic hydroxyl groups is 1. The zero-order chi connectivity index (χ0) is 10.7. The van der Waals surface area contributed by atoms with E-state index in [1.807, 2.05) is 11.8 Å². The minimum absolute atomic E-state index is 0.118. The molecule has 2 atom stereocenters. The lowest BCUT2D eigenvalue weighted by atomic mass is 9.97. The van der Waals surface area contributed by atoms with E-state index in [0.717, 1.165) is 17.3 Å².